The second-order valence-corrected chi connectivity index (χ2v) is 4.67. The summed E-state index contributed by atoms with van der Waals surface area (Å²) in [6.45, 7) is 1.69. The molecule has 0 fully saturated rings. The Bertz CT molecular complexity index is 656. The lowest BCUT2D eigenvalue weighted by atomic mass is 9.94. The van der Waals surface area contributed by atoms with E-state index in [-0.39, 0.29) is 11.5 Å². The Morgan fingerprint density at radius 1 is 1.21 bits per heavy atom. The van der Waals surface area contributed by atoms with E-state index in [0.29, 0.717) is 36.2 Å². The molecule has 1 aromatic carbocycles. The van der Waals surface area contributed by atoms with Crippen LogP contribution in [-0.2, 0) is 6.42 Å². The number of aryl methyl sites for hydroxylation is 1. The minimum Gasteiger partial charge on any atom is -0.294 e. The first-order chi connectivity index (χ1) is 9.09. The van der Waals surface area contributed by atoms with E-state index >= 15 is 0 Å². The van der Waals surface area contributed by atoms with Crippen LogP contribution in [0.1, 0.15) is 34.6 Å². The molecular formula is C14H12F2N2O. The van der Waals surface area contributed by atoms with Crippen LogP contribution in [0.15, 0.2) is 18.2 Å². The Kier molecular flexibility index (Phi) is 2.69. The SMILES string of the molecule is Cc1nn(-c2c(F)cccc2F)c2c1C(=O)CCC2. The van der Waals surface area contributed by atoms with Crippen molar-refractivity contribution in [2.75, 3.05) is 0 Å². The number of carbonyl (C=O) groups is 1. The molecule has 5 heteroatoms. The van der Waals surface area contributed by atoms with Gasteiger partial charge in [-0.05, 0) is 31.9 Å². The van der Waals surface area contributed by atoms with Gasteiger partial charge >= 0.3 is 0 Å². The molecule has 3 nitrogen and oxygen atoms in total. The molecule has 1 aromatic heterocycles. The number of nitrogens with zero attached hydrogens (tertiary/aromatic N) is 2. The van der Waals surface area contributed by atoms with Crippen molar-refractivity contribution in [1.82, 2.24) is 9.78 Å². The maximum Gasteiger partial charge on any atom is 0.166 e. The van der Waals surface area contributed by atoms with Gasteiger partial charge in [0.05, 0.1) is 17.0 Å². The lowest BCUT2D eigenvalue weighted by molar-refractivity contribution is 0.0971. The Labute approximate surface area is 108 Å². The number of benzene rings is 1. The summed E-state index contributed by atoms with van der Waals surface area (Å²) in [6, 6.07) is 3.68. The first kappa shape index (κ1) is 12.0. The lowest BCUT2D eigenvalue weighted by Crippen LogP contribution is -2.14. The molecule has 0 N–H and O–H groups in total. The average molecular weight is 262 g/mol. The quantitative estimate of drug-likeness (QED) is 0.792. The second kappa shape index (κ2) is 4.26. The minimum absolute atomic E-state index is 0.00162. The van der Waals surface area contributed by atoms with Gasteiger partial charge in [0.2, 0.25) is 0 Å². The monoisotopic (exact) mass is 262 g/mol. The predicted octanol–water partition coefficient (Wildman–Crippen LogP) is 2.98. The summed E-state index contributed by atoms with van der Waals surface area (Å²) in [6.07, 6.45) is 1.77. The molecule has 98 valence electrons. The molecule has 1 aliphatic carbocycles. The molecular weight excluding hydrogens is 250 g/mol. The van der Waals surface area contributed by atoms with Gasteiger partial charge in [0.25, 0.3) is 0 Å². The fourth-order valence-electron chi connectivity index (χ4n) is 2.59. The topological polar surface area (TPSA) is 34.9 Å². The molecule has 0 saturated carbocycles. The van der Waals surface area contributed by atoms with Crippen molar-refractivity contribution < 1.29 is 13.6 Å². The maximum atomic E-state index is 13.8. The van der Waals surface area contributed by atoms with Crippen LogP contribution in [0, 0.1) is 18.6 Å². The molecule has 0 spiro atoms. The first-order valence-electron chi connectivity index (χ1n) is 6.15. The third kappa shape index (κ3) is 1.77. The van der Waals surface area contributed by atoms with Crippen LogP contribution in [0.4, 0.5) is 8.78 Å². The van der Waals surface area contributed by atoms with Gasteiger partial charge in [-0.25, -0.2) is 13.5 Å². The Hall–Kier alpha value is -2.04. The number of hydrogen-bond donors (Lipinski definition) is 0. The number of rotatable bonds is 1. The fraction of sp³-hybridized carbons (Fsp3) is 0.286. The lowest BCUT2D eigenvalue weighted by Gasteiger charge is -2.14. The van der Waals surface area contributed by atoms with E-state index in [1.807, 2.05) is 0 Å². The number of Topliss-reactive ketones (excluding diaryl/α,β-unsaturated/α-hetero) is 1. The van der Waals surface area contributed by atoms with E-state index in [2.05, 4.69) is 5.10 Å². The summed E-state index contributed by atoms with van der Waals surface area (Å²) in [5, 5.41) is 4.15. The zero-order chi connectivity index (χ0) is 13.6. The largest absolute Gasteiger partial charge is 0.294 e. The summed E-state index contributed by atoms with van der Waals surface area (Å²) in [5.41, 5.74) is 1.45. The Balaban J connectivity index is 2.28. The summed E-state index contributed by atoms with van der Waals surface area (Å²) >= 11 is 0. The van der Waals surface area contributed by atoms with Crippen molar-refractivity contribution in [1.29, 1.82) is 0 Å². The highest BCUT2D eigenvalue weighted by Crippen LogP contribution is 2.28. The van der Waals surface area contributed by atoms with Crippen molar-refractivity contribution in [3.8, 4) is 5.69 Å². The van der Waals surface area contributed by atoms with Crippen LogP contribution in [-0.4, -0.2) is 15.6 Å². The van der Waals surface area contributed by atoms with Crippen molar-refractivity contribution in [3.05, 3.63) is 46.8 Å². The van der Waals surface area contributed by atoms with Crippen LogP contribution < -0.4 is 0 Å². The Morgan fingerprint density at radius 3 is 2.58 bits per heavy atom. The number of para-hydroxylation sites is 1. The van der Waals surface area contributed by atoms with Crippen LogP contribution in [0.5, 0.6) is 0 Å². The van der Waals surface area contributed by atoms with Crippen molar-refractivity contribution in [2.45, 2.75) is 26.2 Å². The summed E-state index contributed by atoms with van der Waals surface area (Å²) in [4.78, 5) is 11.9. The second-order valence-electron chi connectivity index (χ2n) is 4.67. The highest BCUT2D eigenvalue weighted by Gasteiger charge is 2.27. The molecule has 1 aliphatic rings. The predicted molar refractivity (Wildman–Crippen MR) is 65.5 cm³/mol. The Morgan fingerprint density at radius 2 is 1.89 bits per heavy atom. The maximum absolute atomic E-state index is 13.8. The van der Waals surface area contributed by atoms with E-state index in [9.17, 15) is 13.6 Å². The van der Waals surface area contributed by atoms with Crippen molar-refractivity contribution in [3.63, 3.8) is 0 Å². The molecule has 0 radical (unpaired) electrons. The van der Waals surface area contributed by atoms with E-state index in [4.69, 9.17) is 0 Å². The number of aromatic nitrogens is 2. The van der Waals surface area contributed by atoms with Gasteiger partial charge in [-0.15, -0.1) is 0 Å². The number of halogens is 2. The van der Waals surface area contributed by atoms with E-state index < -0.39 is 11.6 Å². The third-order valence-corrected chi connectivity index (χ3v) is 3.40. The fourth-order valence-corrected chi connectivity index (χ4v) is 2.59. The number of carbonyl (C=O) groups excluding carboxylic acids is 1. The van der Waals surface area contributed by atoms with Gasteiger partial charge in [0, 0.05) is 6.42 Å². The van der Waals surface area contributed by atoms with Gasteiger partial charge in [-0.2, -0.15) is 5.10 Å². The molecule has 3 rings (SSSR count). The highest BCUT2D eigenvalue weighted by atomic mass is 19.1. The van der Waals surface area contributed by atoms with E-state index in [1.54, 1.807) is 6.92 Å². The molecule has 0 unspecified atom stereocenters. The van der Waals surface area contributed by atoms with Crippen LogP contribution in [0.25, 0.3) is 5.69 Å². The standard InChI is InChI=1S/C14H12F2N2O/c1-8-13-11(6-3-7-12(13)19)18(17-8)14-9(15)4-2-5-10(14)16/h2,4-5H,3,6-7H2,1H3. The van der Waals surface area contributed by atoms with Crippen LogP contribution in [0.2, 0.25) is 0 Å². The molecule has 0 saturated heterocycles. The van der Waals surface area contributed by atoms with Gasteiger partial charge < -0.3 is 0 Å². The first-order valence-corrected chi connectivity index (χ1v) is 6.15. The molecule has 0 amide bonds. The van der Waals surface area contributed by atoms with E-state index in [0.717, 1.165) is 0 Å². The third-order valence-electron chi connectivity index (χ3n) is 3.40. The molecule has 1 heterocycles. The molecule has 19 heavy (non-hydrogen) atoms. The molecule has 0 aliphatic heterocycles. The average Bonchev–Trinajstić information content (AvgIpc) is 2.68. The number of fused-ring (bicyclic) bond motifs is 1. The molecule has 2 aromatic rings. The number of hydrogen-bond acceptors (Lipinski definition) is 2. The van der Waals surface area contributed by atoms with Gasteiger partial charge in [-0.3, -0.25) is 4.79 Å². The zero-order valence-corrected chi connectivity index (χ0v) is 10.4. The smallest absolute Gasteiger partial charge is 0.166 e. The zero-order valence-electron chi connectivity index (χ0n) is 10.4. The van der Waals surface area contributed by atoms with Gasteiger partial charge in [0.15, 0.2) is 17.4 Å². The summed E-state index contributed by atoms with van der Waals surface area (Å²) < 4.78 is 28.9. The molecule has 0 atom stereocenters. The van der Waals surface area contributed by atoms with Crippen molar-refractivity contribution >= 4 is 5.78 Å². The van der Waals surface area contributed by atoms with Crippen molar-refractivity contribution in [2.24, 2.45) is 0 Å². The van der Waals surface area contributed by atoms with E-state index in [1.165, 1.54) is 22.9 Å². The highest BCUT2D eigenvalue weighted by molar-refractivity contribution is 5.99. The minimum atomic E-state index is -0.677. The van der Waals surface area contributed by atoms with Gasteiger partial charge in [-0.1, -0.05) is 6.07 Å². The summed E-state index contributed by atoms with van der Waals surface area (Å²) in [7, 11) is 0. The normalized spacial score (nSPS) is 14.6. The molecule has 0 bridgehead atoms. The summed E-state index contributed by atoms with van der Waals surface area (Å²) in [5.74, 6) is -1.35. The van der Waals surface area contributed by atoms with Crippen LogP contribution in [0.3, 0.4) is 0 Å². The van der Waals surface area contributed by atoms with Gasteiger partial charge in [0.1, 0.15) is 5.69 Å². The number of ketones is 1. The van der Waals surface area contributed by atoms with Crippen LogP contribution >= 0.6 is 0 Å².